The number of rotatable bonds is 3. The van der Waals surface area contributed by atoms with Gasteiger partial charge in [0.25, 0.3) is 5.91 Å². The van der Waals surface area contributed by atoms with Crippen molar-refractivity contribution in [2.75, 3.05) is 6.61 Å². The topological polar surface area (TPSA) is 69.0 Å². The Balaban J connectivity index is 1.54. The monoisotopic (exact) mass is 452 g/mol. The number of hydrogen-bond donors (Lipinski definition) is 1. The van der Waals surface area contributed by atoms with Gasteiger partial charge in [-0.25, -0.2) is 9.97 Å². The van der Waals surface area contributed by atoms with Crippen LogP contribution in [0.3, 0.4) is 0 Å². The van der Waals surface area contributed by atoms with E-state index in [1.54, 1.807) is 23.9 Å². The van der Waals surface area contributed by atoms with Crippen molar-refractivity contribution in [1.29, 1.82) is 0 Å². The van der Waals surface area contributed by atoms with Crippen LogP contribution in [0.4, 0.5) is 0 Å². The van der Waals surface area contributed by atoms with Gasteiger partial charge in [-0.15, -0.1) is 0 Å². The zero-order valence-electron chi connectivity index (χ0n) is 16.6. The summed E-state index contributed by atoms with van der Waals surface area (Å²) in [6, 6.07) is 14.8. The molecule has 6 nitrogen and oxygen atoms in total. The summed E-state index contributed by atoms with van der Waals surface area (Å²) in [5.41, 5.74) is 3.65. The molecule has 2 aromatic heterocycles. The highest BCUT2D eigenvalue weighted by Crippen LogP contribution is 2.36. The van der Waals surface area contributed by atoms with Gasteiger partial charge in [0, 0.05) is 36.4 Å². The molecule has 3 heterocycles. The van der Waals surface area contributed by atoms with Crippen LogP contribution in [0.25, 0.3) is 22.3 Å². The third-order valence-corrected chi connectivity index (χ3v) is 6.29. The number of benzene rings is 2. The van der Waals surface area contributed by atoms with Crippen LogP contribution >= 0.6 is 23.2 Å². The molecule has 0 fully saturated rings. The van der Waals surface area contributed by atoms with Crippen molar-refractivity contribution >= 4 is 40.3 Å². The first-order valence-electron chi connectivity index (χ1n) is 9.83. The van der Waals surface area contributed by atoms with Gasteiger partial charge in [-0.2, -0.15) is 0 Å². The summed E-state index contributed by atoms with van der Waals surface area (Å²) in [6.07, 6.45) is 2.36. The molecule has 1 aliphatic rings. The first kappa shape index (κ1) is 19.8. The largest absolute Gasteiger partial charge is 0.493 e. The Kier molecular flexibility index (Phi) is 5.04. The van der Waals surface area contributed by atoms with Crippen LogP contribution in [0.1, 0.15) is 28.6 Å². The third-order valence-electron chi connectivity index (χ3n) is 5.47. The quantitative estimate of drug-likeness (QED) is 0.463. The molecule has 1 aliphatic heterocycles. The molecular formula is C23H18Cl2N4O2. The fourth-order valence-corrected chi connectivity index (χ4v) is 4.33. The van der Waals surface area contributed by atoms with E-state index in [0.29, 0.717) is 34.2 Å². The average molecular weight is 453 g/mol. The van der Waals surface area contributed by atoms with E-state index in [-0.39, 0.29) is 17.8 Å². The van der Waals surface area contributed by atoms with Crippen molar-refractivity contribution in [3.63, 3.8) is 0 Å². The summed E-state index contributed by atoms with van der Waals surface area (Å²) in [7, 11) is 1.78. The second-order valence-corrected chi connectivity index (χ2v) is 8.11. The number of hydrogen-bond acceptors (Lipinski definition) is 4. The van der Waals surface area contributed by atoms with E-state index in [4.69, 9.17) is 27.9 Å². The Morgan fingerprint density at radius 3 is 2.84 bits per heavy atom. The molecule has 2 aromatic carbocycles. The van der Waals surface area contributed by atoms with Gasteiger partial charge in [0.1, 0.15) is 11.3 Å². The normalized spacial score (nSPS) is 15.4. The minimum Gasteiger partial charge on any atom is -0.493 e. The van der Waals surface area contributed by atoms with Crippen molar-refractivity contribution in [2.45, 2.75) is 12.5 Å². The van der Waals surface area contributed by atoms with E-state index in [0.717, 1.165) is 22.4 Å². The maximum Gasteiger partial charge on any atom is 0.287 e. The van der Waals surface area contributed by atoms with E-state index >= 15 is 0 Å². The molecule has 5 rings (SSSR count). The van der Waals surface area contributed by atoms with Gasteiger partial charge in [0.05, 0.1) is 22.7 Å². The zero-order chi connectivity index (χ0) is 21.5. The lowest BCUT2D eigenvalue weighted by molar-refractivity contribution is 0.0911. The lowest BCUT2D eigenvalue weighted by Crippen LogP contribution is -2.33. The SMILES string of the molecule is Cn1c(C(=O)NC2CCOc3ccccc32)nc2c(-c3cccc(Cl)c3Cl)ccnc21. The Bertz CT molecular complexity index is 1320. The van der Waals surface area contributed by atoms with Gasteiger partial charge in [0.15, 0.2) is 5.65 Å². The summed E-state index contributed by atoms with van der Waals surface area (Å²) >= 11 is 12.6. The fraction of sp³-hybridized carbons (Fsp3) is 0.174. The van der Waals surface area contributed by atoms with Crippen LogP contribution in [0, 0.1) is 0 Å². The van der Waals surface area contributed by atoms with E-state index < -0.39 is 0 Å². The maximum absolute atomic E-state index is 13.2. The van der Waals surface area contributed by atoms with Crippen LogP contribution in [-0.2, 0) is 7.05 Å². The summed E-state index contributed by atoms with van der Waals surface area (Å²) in [4.78, 5) is 22.2. The number of ether oxygens (including phenoxy) is 1. The second-order valence-electron chi connectivity index (χ2n) is 7.33. The molecule has 1 N–H and O–H groups in total. The average Bonchev–Trinajstić information content (AvgIpc) is 3.13. The number of carbonyl (C=O) groups excluding carboxylic acids is 1. The molecule has 0 spiro atoms. The Hall–Kier alpha value is -3.09. The van der Waals surface area contributed by atoms with Gasteiger partial charge in [-0.1, -0.05) is 53.5 Å². The number of amides is 1. The molecule has 1 amide bonds. The molecule has 1 atom stereocenters. The molecule has 0 bridgehead atoms. The van der Waals surface area contributed by atoms with Crippen LogP contribution in [0.5, 0.6) is 5.75 Å². The number of aromatic nitrogens is 3. The summed E-state index contributed by atoms with van der Waals surface area (Å²) in [5.74, 6) is 0.797. The van der Waals surface area contributed by atoms with Gasteiger partial charge >= 0.3 is 0 Å². The zero-order valence-corrected chi connectivity index (χ0v) is 18.1. The number of aryl methyl sites for hydroxylation is 1. The number of fused-ring (bicyclic) bond motifs is 2. The number of nitrogens with one attached hydrogen (secondary N) is 1. The molecule has 0 radical (unpaired) electrons. The van der Waals surface area contributed by atoms with Crippen molar-refractivity contribution in [2.24, 2.45) is 7.05 Å². The maximum atomic E-state index is 13.2. The molecule has 31 heavy (non-hydrogen) atoms. The molecular weight excluding hydrogens is 435 g/mol. The van der Waals surface area contributed by atoms with Gasteiger partial charge in [-0.05, 0) is 18.2 Å². The number of para-hydroxylation sites is 1. The third kappa shape index (κ3) is 3.42. The van der Waals surface area contributed by atoms with Crippen molar-refractivity contribution in [3.05, 3.63) is 76.2 Å². The van der Waals surface area contributed by atoms with Crippen molar-refractivity contribution < 1.29 is 9.53 Å². The molecule has 0 aliphatic carbocycles. The smallest absolute Gasteiger partial charge is 0.287 e. The predicted molar refractivity (Wildman–Crippen MR) is 121 cm³/mol. The molecule has 0 saturated carbocycles. The van der Waals surface area contributed by atoms with Gasteiger partial charge < -0.3 is 14.6 Å². The molecule has 8 heteroatoms. The summed E-state index contributed by atoms with van der Waals surface area (Å²) < 4.78 is 7.39. The van der Waals surface area contributed by atoms with E-state index in [1.165, 1.54) is 0 Å². The number of carbonyl (C=O) groups is 1. The van der Waals surface area contributed by atoms with Crippen LogP contribution < -0.4 is 10.1 Å². The Morgan fingerprint density at radius 2 is 1.97 bits per heavy atom. The van der Waals surface area contributed by atoms with Crippen LogP contribution in [0.15, 0.2) is 54.7 Å². The van der Waals surface area contributed by atoms with E-state index in [1.807, 2.05) is 42.5 Å². The molecule has 1 unspecified atom stereocenters. The second kappa shape index (κ2) is 7.87. The minimum absolute atomic E-state index is 0.146. The van der Waals surface area contributed by atoms with Gasteiger partial charge in [0.2, 0.25) is 5.82 Å². The standard InChI is InChI=1S/C23H18Cl2N4O2/c1-29-21-20(14(9-11-26-21)13-6-4-7-16(24)19(13)25)28-22(29)23(30)27-17-10-12-31-18-8-3-2-5-15(17)18/h2-9,11,17H,10,12H2,1H3,(H,27,30). The number of imidazole rings is 1. The Labute approximate surface area is 188 Å². The van der Waals surface area contributed by atoms with Gasteiger partial charge in [-0.3, -0.25) is 4.79 Å². The van der Waals surface area contributed by atoms with Crippen molar-refractivity contribution in [1.82, 2.24) is 19.9 Å². The summed E-state index contributed by atoms with van der Waals surface area (Å²) in [5, 5.41) is 3.99. The van der Waals surface area contributed by atoms with E-state index in [2.05, 4.69) is 15.3 Å². The fourth-order valence-electron chi connectivity index (χ4n) is 3.93. The minimum atomic E-state index is -0.273. The molecule has 156 valence electrons. The molecule has 0 saturated heterocycles. The highest BCUT2D eigenvalue weighted by atomic mass is 35.5. The lowest BCUT2D eigenvalue weighted by Gasteiger charge is -2.26. The summed E-state index contributed by atoms with van der Waals surface area (Å²) in [6.45, 7) is 0.545. The first-order chi connectivity index (χ1) is 15.0. The van der Waals surface area contributed by atoms with Crippen LogP contribution in [0.2, 0.25) is 10.0 Å². The highest BCUT2D eigenvalue weighted by molar-refractivity contribution is 6.43. The number of halogens is 2. The number of pyridine rings is 1. The lowest BCUT2D eigenvalue weighted by atomic mass is 10.0. The van der Waals surface area contributed by atoms with E-state index in [9.17, 15) is 4.79 Å². The first-order valence-corrected chi connectivity index (χ1v) is 10.6. The molecule has 4 aromatic rings. The van der Waals surface area contributed by atoms with Crippen LogP contribution in [-0.4, -0.2) is 27.0 Å². The van der Waals surface area contributed by atoms with Crippen molar-refractivity contribution in [3.8, 4) is 16.9 Å². The highest BCUT2D eigenvalue weighted by Gasteiger charge is 2.26. The predicted octanol–water partition coefficient (Wildman–Crippen LogP) is 5.20. The number of nitrogens with zero attached hydrogens (tertiary/aromatic N) is 3. The Morgan fingerprint density at radius 1 is 1.13 bits per heavy atom.